The van der Waals surface area contributed by atoms with Crippen molar-refractivity contribution in [3.05, 3.63) is 39.8 Å². The van der Waals surface area contributed by atoms with Crippen molar-refractivity contribution in [1.29, 1.82) is 0 Å². The second kappa shape index (κ2) is 5.15. The second-order valence-electron chi connectivity index (χ2n) is 4.20. The van der Waals surface area contributed by atoms with Gasteiger partial charge in [0.05, 0.1) is 5.69 Å². The molecular formula is C12H16N4O3. The van der Waals surface area contributed by atoms with E-state index in [0.29, 0.717) is 6.41 Å². The highest BCUT2D eigenvalue weighted by molar-refractivity contribution is 5.45. The van der Waals surface area contributed by atoms with Gasteiger partial charge in [-0.15, -0.1) is 0 Å². The Balaban J connectivity index is 2.44. The van der Waals surface area contributed by atoms with Gasteiger partial charge in [0, 0.05) is 19.7 Å². The molecule has 0 aliphatic carbocycles. The van der Waals surface area contributed by atoms with Crippen LogP contribution < -0.4 is 11.2 Å². The molecule has 7 nitrogen and oxygen atoms in total. The average molecular weight is 264 g/mol. The topological polar surface area (TPSA) is 70.2 Å². The second-order valence-corrected chi connectivity index (χ2v) is 4.20. The molecule has 0 aliphatic heterocycles. The van der Waals surface area contributed by atoms with Crippen LogP contribution >= 0.6 is 0 Å². The summed E-state index contributed by atoms with van der Waals surface area (Å²) in [6.45, 7) is 2.12. The molecule has 19 heavy (non-hydrogen) atoms. The number of carbonyl (C=O) groups is 1. The minimum atomic E-state index is -0.113. The van der Waals surface area contributed by atoms with Gasteiger partial charge in [0.15, 0.2) is 0 Å². The highest BCUT2D eigenvalue weighted by Gasteiger charge is 2.16. The first-order valence-electron chi connectivity index (χ1n) is 5.78. The fourth-order valence-electron chi connectivity index (χ4n) is 1.96. The molecule has 0 fully saturated rings. The van der Waals surface area contributed by atoms with Crippen LogP contribution in [0, 0.1) is 6.92 Å². The van der Waals surface area contributed by atoms with Crippen molar-refractivity contribution in [2.24, 2.45) is 14.1 Å². The molecular weight excluding hydrogens is 248 g/mol. The molecule has 1 heterocycles. The fourth-order valence-corrected chi connectivity index (χ4v) is 1.96. The highest BCUT2D eigenvalue weighted by Crippen LogP contribution is 2.18. The molecule has 0 aliphatic rings. The van der Waals surface area contributed by atoms with E-state index in [1.165, 1.54) is 4.68 Å². The van der Waals surface area contributed by atoms with Crippen LogP contribution in [0.15, 0.2) is 23.0 Å². The van der Waals surface area contributed by atoms with Crippen molar-refractivity contribution in [3.63, 3.8) is 0 Å². The van der Waals surface area contributed by atoms with E-state index >= 15 is 0 Å². The molecule has 1 aromatic carbocycles. The van der Waals surface area contributed by atoms with Gasteiger partial charge in [0.1, 0.15) is 6.61 Å². The molecule has 0 saturated carbocycles. The van der Waals surface area contributed by atoms with Crippen LogP contribution in [0.4, 0.5) is 0 Å². The Kier molecular flexibility index (Phi) is 3.57. The van der Waals surface area contributed by atoms with E-state index in [1.54, 1.807) is 23.6 Å². The van der Waals surface area contributed by atoms with E-state index in [4.69, 9.17) is 4.84 Å². The Hall–Kier alpha value is -2.28. The molecule has 0 atom stereocenters. The van der Waals surface area contributed by atoms with E-state index < -0.39 is 0 Å². The summed E-state index contributed by atoms with van der Waals surface area (Å²) in [4.78, 5) is 28.8. The Morgan fingerprint density at radius 2 is 2.11 bits per heavy atom. The third-order valence-electron chi connectivity index (χ3n) is 3.14. The molecule has 0 spiro atoms. The highest BCUT2D eigenvalue weighted by atomic mass is 16.6. The van der Waals surface area contributed by atoms with Gasteiger partial charge in [0.2, 0.25) is 6.41 Å². The van der Waals surface area contributed by atoms with Crippen molar-refractivity contribution in [3.8, 4) is 5.69 Å². The number of amides is 1. The van der Waals surface area contributed by atoms with Gasteiger partial charge in [-0.25, -0.2) is 19.8 Å². The Morgan fingerprint density at radius 3 is 2.74 bits per heavy atom. The number of benzene rings is 1. The van der Waals surface area contributed by atoms with Crippen molar-refractivity contribution in [2.45, 2.75) is 13.5 Å². The first kappa shape index (κ1) is 13.2. The number of nitrogens with zero attached hydrogens (tertiary/aromatic N) is 3. The first-order chi connectivity index (χ1) is 9.07. The first-order valence-corrected chi connectivity index (χ1v) is 5.78. The van der Waals surface area contributed by atoms with Gasteiger partial charge in [-0.05, 0) is 18.6 Å². The molecule has 0 bridgehead atoms. The molecule has 2 rings (SSSR count). The van der Waals surface area contributed by atoms with E-state index in [9.17, 15) is 9.59 Å². The predicted molar refractivity (Wildman–Crippen MR) is 68.7 cm³/mol. The molecule has 102 valence electrons. The molecule has 0 saturated heterocycles. The average Bonchev–Trinajstić information content (AvgIpc) is 2.41. The monoisotopic (exact) mass is 264 g/mol. The van der Waals surface area contributed by atoms with E-state index in [-0.39, 0.29) is 12.3 Å². The molecule has 0 radical (unpaired) electrons. The van der Waals surface area contributed by atoms with Gasteiger partial charge < -0.3 is 0 Å². The summed E-state index contributed by atoms with van der Waals surface area (Å²) >= 11 is 0. The number of aromatic nitrogens is 3. The van der Waals surface area contributed by atoms with Gasteiger partial charge in [-0.1, -0.05) is 12.1 Å². The third kappa shape index (κ3) is 2.19. The Labute approximate surface area is 109 Å². The number of hydrogen-bond donors (Lipinski definition) is 1. The number of carbonyl (C=O) groups excluding carboxylic acids is 1. The van der Waals surface area contributed by atoms with E-state index in [0.717, 1.165) is 16.8 Å². The summed E-state index contributed by atoms with van der Waals surface area (Å²) in [5.41, 5.74) is 4.62. The van der Waals surface area contributed by atoms with E-state index in [2.05, 4.69) is 5.48 Å². The van der Waals surface area contributed by atoms with Crippen LogP contribution in [-0.4, -0.2) is 20.6 Å². The summed E-state index contributed by atoms with van der Waals surface area (Å²) in [5, 5.41) is 0. The smallest absolute Gasteiger partial charge is 0.277 e. The minimum absolute atomic E-state index is 0.113. The molecule has 7 heteroatoms. The molecule has 2 aromatic rings. The van der Waals surface area contributed by atoms with Crippen LogP contribution in [-0.2, 0) is 30.3 Å². The zero-order valence-electron chi connectivity index (χ0n) is 11.1. The number of nitrogens with one attached hydrogen (secondary N) is 1. The number of aryl methyl sites for hydroxylation is 1. The maximum absolute atomic E-state index is 11.9. The van der Waals surface area contributed by atoms with Gasteiger partial charge in [0.25, 0.3) is 0 Å². The van der Waals surface area contributed by atoms with Crippen LogP contribution in [0.2, 0.25) is 0 Å². The van der Waals surface area contributed by atoms with Crippen LogP contribution in [0.5, 0.6) is 0 Å². The summed E-state index contributed by atoms with van der Waals surface area (Å²) in [5.74, 6) is 0. The molecule has 1 amide bonds. The largest absolute Gasteiger partial charge is 0.364 e. The lowest BCUT2D eigenvalue weighted by Crippen LogP contribution is -2.47. The van der Waals surface area contributed by atoms with Crippen molar-refractivity contribution in [2.75, 3.05) is 0 Å². The Bertz CT molecular complexity index is 650. The molecule has 0 unspecified atom stereocenters. The van der Waals surface area contributed by atoms with E-state index in [1.807, 2.05) is 25.1 Å². The predicted octanol–water partition coefficient (Wildman–Crippen LogP) is 0.000520. The number of rotatable bonds is 5. The van der Waals surface area contributed by atoms with Gasteiger partial charge >= 0.3 is 5.69 Å². The van der Waals surface area contributed by atoms with Crippen molar-refractivity contribution >= 4 is 6.41 Å². The fraction of sp³-hybridized carbons (Fsp3) is 0.333. The molecule has 1 aromatic heterocycles. The number of hydroxylamine groups is 1. The SMILES string of the molecule is Cc1cccc(-n2c(=O)n(C)n2C)c1CONC=O. The summed E-state index contributed by atoms with van der Waals surface area (Å²) in [7, 11) is 3.48. The van der Waals surface area contributed by atoms with Gasteiger partial charge in [-0.3, -0.25) is 9.63 Å². The van der Waals surface area contributed by atoms with Crippen LogP contribution in [0.3, 0.4) is 0 Å². The van der Waals surface area contributed by atoms with Crippen molar-refractivity contribution in [1.82, 2.24) is 19.6 Å². The number of hydrogen-bond acceptors (Lipinski definition) is 3. The zero-order chi connectivity index (χ0) is 14.0. The lowest BCUT2D eigenvalue weighted by molar-refractivity contribution is -0.121. The van der Waals surface area contributed by atoms with Crippen LogP contribution in [0.1, 0.15) is 11.1 Å². The summed E-state index contributed by atoms with van der Waals surface area (Å²) in [6.07, 6.45) is 0.465. The maximum Gasteiger partial charge on any atom is 0.364 e. The lowest BCUT2D eigenvalue weighted by Gasteiger charge is -2.23. The summed E-state index contributed by atoms with van der Waals surface area (Å²) in [6, 6.07) is 5.64. The van der Waals surface area contributed by atoms with Crippen molar-refractivity contribution < 1.29 is 9.63 Å². The third-order valence-corrected chi connectivity index (χ3v) is 3.14. The minimum Gasteiger partial charge on any atom is -0.277 e. The van der Waals surface area contributed by atoms with Gasteiger partial charge in [-0.2, -0.15) is 4.68 Å². The van der Waals surface area contributed by atoms with Crippen LogP contribution in [0.25, 0.3) is 5.69 Å². The molecule has 1 N–H and O–H groups in total. The maximum atomic E-state index is 11.9. The quantitative estimate of drug-likeness (QED) is 0.469. The summed E-state index contributed by atoms with van der Waals surface area (Å²) < 4.78 is 3.04. The Morgan fingerprint density at radius 1 is 1.37 bits per heavy atom. The zero-order valence-corrected chi connectivity index (χ0v) is 11.1. The normalized spacial score (nSPS) is 10.7. The standard InChI is InChI=1S/C12H16N4O3/c1-9-5-4-6-11(10(9)7-19-13-8-17)16-12(18)14(2)15(16)3/h4-6,8H,7H2,1-3H3,(H,13,17). The lowest BCUT2D eigenvalue weighted by atomic mass is 10.1.